The molecule has 2 aromatic carbocycles. The van der Waals surface area contributed by atoms with E-state index >= 15 is 0 Å². The largest absolute Gasteiger partial charge is 0.501 e. The van der Waals surface area contributed by atoms with Gasteiger partial charge in [0, 0.05) is 0 Å². The van der Waals surface area contributed by atoms with Crippen LogP contribution in [0.2, 0.25) is 0 Å². The zero-order chi connectivity index (χ0) is 26.1. The van der Waals surface area contributed by atoms with Crippen molar-refractivity contribution in [3.05, 3.63) is 55.6 Å². The molecule has 0 spiro atoms. The van der Waals surface area contributed by atoms with Crippen molar-refractivity contribution < 1.29 is 43.9 Å². The molecule has 0 saturated carbocycles. The van der Waals surface area contributed by atoms with Gasteiger partial charge in [0.15, 0.2) is 0 Å². The van der Waals surface area contributed by atoms with Crippen molar-refractivity contribution in [2.24, 2.45) is 0 Å². The molecule has 0 amide bonds. The highest BCUT2D eigenvalue weighted by atomic mass is 16.6. The molecule has 2 aromatic rings. The second-order valence-electron chi connectivity index (χ2n) is 7.27. The fourth-order valence-electron chi connectivity index (χ4n) is 2.80. The van der Waals surface area contributed by atoms with Crippen LogP contribution in [0, 0.1) is 20.2 Å². The number of benzene rings is 2. The SMILES string of the molecule is CCCCOC(=O)c1cc(Oc2cc(C(=O)OCCCC)c(O)c([N+](=O)[O-])c2)cc([N+](=O)[O-])c1O. The summed E-state index contributed by atoms with van der Waals surface area (Å²) < 4.78 is 15.4. The molecule has 0 saturated heterocycles. The van der Waals surface area contributed by atoms with Gasteiger partial charge in [-0.1, -0.05) is 26.7 Å². The van der Waals surface area contributed by atoms with Crippen molar-refractivity contribution >= 4 is 23.3 Å². The zero-order valence-corrected chi connectivity index (χ0v) is 19.0. The first kappa shape index (κ1) is 26.8. The van der Waals surface area contributed by atoms with E-state index in [2.05, 4.69) is 0 Å². The summed E-state index contributed by atoms with van der Waals surface area (Å²) in [5.41, 5.74) is -2.87. The quantitative estimate of drug-likeness (QED) is 0.182. The summed E-state index contributed by atoms with van der Waals surface area (Å²) in [7, 11) is 0. The van der Waals surface area contributed by atoms with Crippen LogP contribution in [-0.2, 0) is 9.47 Å². The molecule has 188 valence electrons. The molecule has 0 aliphatic rings. The number of unbranched alkanes of at least 4 members (excludes halogenated alkanes) is 2. The average Bonchev–Trinajstić information content (AvgIpc) is 2.80. The molecule has 13 heteroatoms. The summed E-state index contributed by atoms with van der Waals surface area (Å²) in [4.78, 5) is 45.5. The third kappa shape index (κ3) is 6.79. The second-order valence-corrected chi connectivity index (χ2v) is 7.27. The van der Waals surface area contributed by atoms with Crippen molar-refractivity contribution in [2.45, 2.75) is 39.5 Å². The smallest absolute Gasteiger partial charge is 0.342 e. The molecule has 35 heavy (non-hydrogen) atoms. The number of hydrogen-bond donors (Lipinski definition) is 2. The highest BCUT2D eigenvalue weighted by Gasteiger charge is 2.28. The molecular formula is C22H24N2O11. The number of hydrogen-bond acceptors (Lipinski definition) is 11. The first-order valence-electron chi connectivity index (χ1n) is 10.7. The van der Waals surface area contributed by atoms with Crippen LogP contribution in [0.15, 0.2) is 24.3 Å². The Morgan fingerprint density at radius 2 is 1.14 bits per heavy atom. The summed E-state index contributed by atoms with van der Waals surface area (Å²) in [6.07, 6.45) is 2.48. The highest BCUT2D eigenvalue weighted by molar-refractivity contribution is 5.95. The summed E-state index contributed by atoms with van der Waals surface area (Å²) in [6.45, 7) is 3.74. The first-order chi connectivity index (χ1) is 16.6. The van der Waals surface area contributed by atoms with E-state index in [1.165, 1.54) is 0 Å². The lowest BCUT2D eigenvalue weighted by Crippen LogP contribution is -2.09. The molecule has 13 nitrogen and oxygen atoms in total. The lowest BCUT2D eigenvalue weighted by atomic mass is 10.1. The lowest BCUT2D eigenvalue weighted by molar-refractivity contribution is -0.386. The van der Waals surface area contributed by atoms with E-state index in [0.29, 0.717) is 25.7 Å². The number of nitrogens with zero attached hydrogens (tertiary/aromatic N) is 2. The Kier molecular flexibility index (Phi) is 9.32. The minimum Gasteiger partial charge on any atom is -0.501 e. The number of phenolic OH excluding ortho intramolecular Hbond substituents is 2. The molecule has 0 unspecified atom stereocenters. The predicted octanol–water partition coefficient (Wildman–Crippen LogP) is 4.62. The Morgan fingerprint density at radius 1 is 0.771 bits per heavy atom. The third-order valence-electron chi connectivity index (χ3n) is 4.66. The van der Waals surface area contributed by atoms with Crippen LogP contribution in [0.4, 0.5) is 11.4 Å². The van der Waals surface area contributed by atoms with E-state index in [4.69, 9.17) is 14.2 Å². The van der Waals surface area contributed by atoms with Gasteiger partial charge in [-0.25, -0.2) is 9.59 Å². The maximum atomic E-state index is 12.3. The van der Waals surface area contributed by atoms with E-state index in [-0.39, 0.29) is 24.7 Å². The fourth-order valence-corrected chi connectivity index (χ4v) is 2.80. The van der Waals surface area contributed by atoms with Crippen molar-refractivity contribution in [3.63, 3.8) is 0 Å². The maximum absolute atomic E-state index is 12.3. The number of nitro benzene ring substituents is 2. The first-order valence-corrected chi connectivity index (χ1v) is 10.7. The molecule has 0 aliphatic heterocycles. The number of phenols is 2. The number of carbonyl (C=O) groups excluding carboxylic acids is 2. The lowest BCUT2D eigenvalue weighted by Gasteiger charge is -2.12. The van der Waals surface area contributed by atoms with Gasteiger partial charge in [-0.15, -0.1) is 0 Å². The van der Waals surface area contributed by atoms with Gasteiger partial charge in [-0.05, 0) is 25.0 Å². The monoisotopic (exact) mass is 492 g/mol. The van der Waals surface area contributed by atoms with Crippen LogP contribution in [0.25, 0.3) is 0 Å². The van der Waals surface area contributed by atoms with Crippen LogP contribution in [0.3, 0.4) is 0 Å². The molecule has 2 N–H and O–H groups in total. The number of aromatic hydroxyl groups is 2. The van der Waals surface area contributed by atoms with Gasteiger partial charge < -0.3 is 24.4 Å². The van der Waals surface area contributed by atoms with Crippen molar-refractivity contribution in [1.29, 1.82) is 0 Å². The van der Waals surface area contributed by atoms with Gasteiger partial charge in [0.25, 0.3) is 0 Å². The van der Waals surface area contributed by atoms with Crippen LogP contribution in [0.5, 0.6) is 23.0 Å². The van der Waals surface area contributed by atoms with E-state index < -0.39 is 55.8 Å². The summed E-state index contributed by atoms with van der Waals surface area (Å²) in [6, 6.07) is 3.48. The Hall–Kier alpha value is -4.42. The Morgan fingerprint density at radius 3 is 1.46 bits per heavy atom. The molecule has 0 bridgehead atoms. The van der Waals surface area contributed by atoms with Gasteiger partial charge in [0.2, 0.25) is 11.5 Å². The van der Waals surface area contributed by atoms with Crippen LogP contribution in [-0.4, -0.2) is 45.2 Å². The van der Waals surface area contributed by atoms with E-state index in [9.17, 15) is 40.0 Å². The summed E-state index contributed by atoms with van der Waals surface area (Å²) in [5.74, 6) is -4.69. The molecular weight excluding hydrogens is 468 g/mol. The van der Waals surface area contributed by atoms with Crippen LogP contribution < -0.4 is 4.74 Å². The Labute approximate surface area is 199 Å². The minimum absolute atomic E-state index is 0.0152. The van der Waals surface area contributed by atoms with E-state index in [1.807, 2.05) is 13.8 Å². The molecule has 0 aliphatic carbocycles. The molecule has 2 rings (SSSR count). The second kappa shape index (κ2) is 12.2. The van der Waals surface area contributed by atoms with Gasteiger partial charge >= 0.3 is 23.3 Å². The van der Waals surface area contributed by atoms with Crippen molar-refractivity contribution in [1.82, 2.24) is 0 Å². The van der Waals surface area contributed by atoms with Gasteiger partial charge in [0.05, 0.1) is 35.2 Å². The minimum atomic E-state index is -1.04. The van der Waals surface area contributed by atoms with Crippen LogP contribution in [0.1, 0.15) is 60.2 Å². The predicted molar refractivity (Wildman–Crippen MR) is 120 cm³/mol. The summed E-state index contributed by atoms with van der Waals surface area (Å²) in [5, 5.41) is 43.1. The topological polar surface area (TPSA) is 189 Å². The Bertz CT molecular complexity index is 1040. The van der Waals surface area contributed by atoms with Gasteiger partial charge in [-0.3, -0.25) is 20.2 Å². The van der Waals surface area contributed by atoms with Crippen molar-refractivity contribution in [3.8, 4) is 23.0 Å². The van der Waals surface area contributed by atoms with E-state index in [0.717, 1.165) is 24.3 Å². The number of carbonyl (C=O) groups is 2. The highest BCUT2D eigenvalue weighted by Crippen LogP contribution is 2.40. The standard InChI is InChI=1S/C22H24N2O11/c1-3-5-7-33-21(27)15-9-13(11-17(19(15)25)23(29)30)35-14-10-16(22(28)34-8-6-4-2)20(26)18(12-14)24(31)32/h9-12,25-26H,3-8H2,1-2H3. The molecule has 0 atom stereocenters. The number of ether oxygens (including phenoxy) is 3. The normalized spacial score (nSPS) is 10.5. The molecule has 0 heterocycles. The Balaban J connectivity index is 2.50. The number of nitro groups is 2. The van der Waals surface area contributed by atoms with E-state index in [1.54, 1.807) is 0 Å². The average molecular weight is 492 g/mol. The zero-order valence-electron chi connectivity index (χ0n) is 19.0. The van der Waals surface area contributed by atoms with Gasteiger partial charge in [0.1, 0.15) is 22.6 Å². The third-order valence-corrected chi connectivity index (χ3v) is 4.66. The maximum Gasteiger partial charge on any atom is 0.342 e. The fraction of sp³-hybridized carbons (Fsp3) is 0.364. The van der Waals surface area contributed by atoms with Gasteiger partial charge in [-0.2, -0.15) is 0 Å². The number of esters is 2. The number of rotatable bonds is 12. The molecule has 0 radical (unpaired) electrons. The molecule has 0 fully saturated rings. The molecule has 0 aromatic heterocycles. The van der Waals surface area contributed by atoms with Crippen LogP contribution >= 0.6 is 0 Å². The summed E-state index contributed by atoms with van der Waals surface area (Å²) >= 11 is 0. The van der Waals surface area contributed by atoms with Crippen molar-refractivity contribution in [2.75, 3.05) is 13.2 Å².